The molecule has 0 aliphatic rings. The first kappa shape index (κ1) is 25.1. The van der Waals surface area contributed by atoms with Crippen LogP contribution in [0.5, 0.6) is 28.7 Å². The Morgan fingerprint density at radius 3 is 1.34 bits per heavy atom. The molecule has 15 heteroatoms. The van der Waals surface area contributed by atoms with Crippen molar-refractivity contribution in [1.82, 2.24) is 0 Å². The lowest BCUT2D eigenvalue weighted by molar-refractivity contribution is -0.385. The van der Waals surface area contributed by atoms with E-state index in [-0.39, 0.29) is 12.1 Å². The molecule has 3 rings (SSSR count). The van der Waals surface area contributed by atoms with Gasteiger partial charge in [-0.05, 0) is 12.1 Å². The first-order valence-electron chi connectivity index (χ1n) is 9.06. The van der Waals surface area contributed by atoms with Gasteiger partial charge in [0.2, 0.25) is 0 Å². The number of hydrogen-bond donors (Lipinski definition) is 1. The van der Waals surface area contributed by atoms with E-state index in [1.54, 1.807) is 0 Å². The third kappa shape index (κ3) is 5.87. The molecule has 3 aromatic carbocycles. The lowest BCUT2D eigenvalue weighted by Gasteiger charge is -2.16. The topological polar surface area (TPSA) is 125 Å². The number of phenolic OH excluding ortho intramolecular Hbond substituents is 1. The largest absolute Gasteiger partial charge is 0.508 e. The molecule has 0 saturated heterocycles. The zero-order chi connectivity index (χ0) is 26.1. The molecule has 3 aromatic rings. The summed E-state index contributed by atoms with van der Waals surface area (Å²) in [5.74, 6) is -3.51. The molecule has 0 spiro atoms. The molecule has 35 heavy (non-hydrogen) atoms. The summed E-state index contributed by atoms with van der Waals surface area (Å²) < 4.78 is 90.3. The molecule has 0 atom stereocenters. The van der Waals surface area contributed by atoms with Crippen LogP contribution < -0.4 is 9.47 Å². The number of hydrogen-bond acceptors (Lipinski definition) is 7. The molecule has 0 bridgehead atoms. The van der Waals surface area contributed by atoms with Gasteiger partial charge in [-0.25, -0.2) is 0 Å². The van der Waals surface area contributed by atoms with Gasteiger partial charge in [0.1, 0.15) is 39.9 Å². The molecule has 0 radical (unpaired) electrons. The van der Waals surface area contributed by atoms with Gasteiger partial charge in [-0.1, -0.05) is 0 Å². The second kappa shape index (κ2) is 9.00. The fourth-order valence-corrected chi connectivity index (χ4v) is 2.81. The first-order chi connectivity index (χ1) is 16.1. The predicted molar refractivity (Wildman–Crippen MR) is 104 cm³/mol. The van der Waals surface area contributed by atoms with Crippen LogP contribution in [0.15, 0.2) is 54.6 Å². The number of alkyl halides is 6. The van der Waals surface area contributed by atoms with E-state index in [0.29, 0.717) is 12.1 Å². The molecule has 0 amide bonds. The zero-order valence-electron chi connectivity index (χ0n) is 16.8. The van der Waals surface area contributed by atoms with Crippen LogP contribution in [-0.2, 0) is 12.4 Å². The third-order valence-electron chi connectivity index (χ3n) is 4.28. The standard InChI is InChI=1S/C20H10F6N2O7/c21-19(22,23)15-5-10(27(30)31)1-3-17(15)34-13-7-12(29)8-14(9-13)35-18-4-2-11(28(32)33)6-16(18)20(24,25)26/h1-9,29H. The van der Waals surface area contributed by atoms with Crippen LogP contribution >= 0.6 is 0 Å². The number of nitro groups is 2. The monoisotopic (exact) mass is 504 g/mol. The number of rotatable bonds is 6. The Labute approximate surface area is 190 Å². The van der Waals surface area contributed by atoms with E-state index in [1.165, 1.54) is 0 Å². The molecule has 0 aliphatic carbocycles. The highest BCUT2D eigenvalue weighted by Crippen LogP contribution is 2.43. The maximum atomic E-state index is 13.4. The lowest BCUT2D eigenvalue weighted by atomic mass is 10.1. The van der Waals surface area contributed by atoms with E-state index in [2.05, 4.69) is 0 Å². The Balaban J connectivity index is 2.00. The van der Waals surface area contributed by atoms with Crippen LogP contribution in [0.3, 0.4) is 0 Å². The van der Waals surface area contributed by atoms with Crippen molar-refractivity contribution in [3.05, 3.63) is 86.0 Å². The molecular weight excluding hydrogens is 494 g/mol. The highest BCUT2D eigenvalue weighted by Gasteiger charge is 2.37. The second-order valence-electron chi connectivity index (χ2n) is 6.74. The number of ether oxygens (including phenoxy) is 2. The van der Waals surface area contributed by atoms with Crippen molar-refractivity contribution in [2.75, 3.05) is 0 Å². The normalized spacial score (nSPS) is 11.7. The fraction of sp³-hybridized carbons (Fsp3) is 0.100. The molecule has 0 fully saturated rings. The van der Waals surface area contributed by atoms with E-state index >= 15 is 0 Å². The number of benzene rings is 3. The minimum atomic E-state index is -5.07. The summed E-state index contributed by atoms with van der Waals surface area (Å²) in [6.07, 6.45) is -10.1. The fourth-order valence-electron chi connectivity index (χ4n) is 2.81. The number of nitro benzene ring substituents is 2. The summed E-state index contributed by atoms with van der Waals surface area (Å²) in [7, 11) is 0. The smallest absolute Gasteiger partial charge is 0.420 e. The van der Waals surface area contributed by atoms with Crippen LogP contribution in [0.25, 0.3) is 0 Å². The molecule has 0 heterocycles. The highest BCUT2D eigenvalue weighted by molar-refractivity contribution is 5.51. The van der Waals surface area contributed by atoms with Crippen molar-refractivity contribution in [2.45, 2.75) is 12.4 Å². The quantitative estimate of drug-likeness (QED) is 0.222. The summed E-state index contributed by atoms with van der Waals surface area (Å²) in [5.41, 5.74) is -4.79. The van der Waals surface area contributed by atoms with Crippen molar-refractivity contribution < 1.29 is 50.8 Å². The van der Waals surface area contributed by atoms with Crippen LogP contribution in [0.4, 0.5) is 37.7 Å². The van der Waals surface area contributed by atoms with Crippen LogP contribution in [0.1, 0.15) is 11.1 Å². The van der Waals surface area contributed by atoms with Crippen molar-refractivity contribution in [2.24, 2.45) is 0 Å². The molecule has 0 saturated carbocycles. The third-order valence-corrected chi connectivity index (χ3v) is 4.28. The molecule has 1 N–H and O–H groups in total. The van der Waals surface area contributed by atoms with E-state index in [9.17, 15) is 51.7 Å². The van der Waals surface area contributed by atoms with Crippen LogP contribution in [-0.4, -0.2) is 15.0 Å². The van der Waals surface area contributed by atoms with Crippen LogP contribution in [0, 0.1) is 20.2 Å². The van der Waals surface area contributed by atoms with Gasteiger partial charge in [0.15, 0.2) is 0 Å². The zero-order valence-corrected chi connectivity index (χ0v) is 16.8. The van der Waals surface area contributed by atoms with E-state index in [1.807, 2.05) is 0 Å². The Kier molecular flexibility index (Phi) is 6.45. The van der Waals surface area contributed by atoms with E-state index in [4.69, 9.17) is 9.47 Å². The van der Waals surface area contributed by atoms with Gasteiger partial charge in [-0.2, -0.15) is 26.3 Å². The summed E-state index contributed by atoms with van der Waals surface area (Å²) in [4.78, 5) is 19.5. The van der Waals surface area contributed by atoms with E-state index < -0.39 is 73.4 Å². The maximum absolute atomic E-state index is 13.4. The number of nitrogens with zero attached hydrogens (tertiary/aromatic N) is 2. The SMILES string of the molecule is O=[N+]([O-])c1ccc(Oc2cc(O)cc(Oc3ccc([N+](=O)[O-])cc3C(F)(F)F)c2)c(C(F)(F)F)c1. The Hall–Kier alpha value is -4.56. The van der Waals surface area contributed by atoms with Gasteiger partial charge < -0.3 is 14.6 Å². The second-order valence-corrected chi connectivity index (χ2v) is 6.74. The van der Waals surface area contributed by atoms with Crippen molar-refractivity contribution in [1.29, 1.82) is 0 Å². The molecule has 0 unspecified atom stereocenters. The van der Waals surface area contributed by atoms with Crippen LogP contribution in [0.2, 0.25) is 0 Å². The van der Waals surface area contributed by atoms with E-state index in [0.717, 1.165) is 30.3 Å². The number of phenols is 1. The highest BCUT2D eigenvalue weighted by atomic mass is 19.4. The molecule has 0 aromatic heterocycles. The van der Waals surface area contributed by atoms with Gasteiger partial charge in [0.25, 0.3) is 11.4 Å². The average molecular weight is 504 g/mol. The summed E-state index contributed by atoms with van der Waals surface area (Å²) >= 11 is 0. The average Bonchev–Trinajstić information content (AvgIpc) is 2.72. The Morgan fingerprint density at radius 1 is 0.657 bits per heavy atom. The van der Waals surface area contributed by atoms with Gasteiger partial charge in [-0.3, -0.25) is 20.2 Å². The lowest BCUT2D eigenvalue weighted by Crippen LogP contribution is -2.08. The Morgan fingerprint density at radius 2 is 1.03 bits per heavy atom. The molecule has 184 valence electrons. The van der Waals surface area contributed by atoms with Gasteiger partial charge in [0, 0.05) is 42.5 Å². The summed E-state index contributed by atoms with van der Waals surface area (Å²) in [6.45, 7) is 0. The minimum Gasteiger partial charge on any atom is -0.508 e. The van der Waals surface area contributed by atoms with Gasteiger partial charge >= 0.3 is 12.4 Å². The number of aromatic hydroxyl groups is 1. The minimum absolute atomic E-state index is 0.224. The van der Waals surface area contributed by atoms with Gasteiger partial charge in [-0.15, -0.1) is 0 Å². The number of non-ortho nitro benzene ring substituents is 2. The first-order valence-corrected chi connectivity index (χ1v) is 9.06. The van der Waals surface area contributed by atoms with Crippen molar-refractivity contribution in [3.8, 4) is 28.7 Å². The number of halogens is 6. The van der Waals surface area contributed by atoms with Crippen molar-refractivity contribution >= 4 is 11.4 Å². The predicted octanol–water partition coefficient (Wildman–Crippen LogP) is 6.83. The molecular formula is C20H10F6N2O7. The van der Waals surface area contributed by atoms with Gasteiger partial charge in [0.05, 0.1) is 9.85 Å². The maximum Gasteiger partial charge on any atom is 0.420 e. The molecule has 9 nitrogen and oxygen atoms in total. The Bertz CT molecular complexity index is 1210. The summed E-state index contributed by atoms with van der Waals surface area (Å²) in [5, 5.41) is 31.5. The summed E-state index contributed by atoms with van der Waals surface area (Å²) in [6, 6.07) is 5.69. The van der Waals surface area contributed by atoms with Crippen molar-refractivity contribution in [3.63, 3.8) is 0 Å². The molecule has 0 aliphatic heterocycles.